The van der Waals surface area contributed by atoms with Crippen LogP contribution in [0.4, 0.5) is 5.69 Å². The van der Waals surface area contributed by atoms with Crippen LogP contribution in [0.1, 0.15) is 40.7 Å². The zero-order valence-electron chi connectivity index (χ0n) is 18.3. The molecule has 32 heavy (non-hydrogen) atoms. The van der Waals surface area contributed by atoms with Gasteiger partial charge in [0, 0.05) is 23.7 Å². The molecule has 2 aromatic carbocycles. The molecule has 3 rings (SSSR count). The number of ether oxygens (including phenoxy) is 1. The first-order valence-electron chi connectivity index (χ1n) is 10.5. The van der Waals surface area contributed by atoms with Gasteiger partial charge in [-0.1, -0.05) is 19.6 Å². The molecule has 0 bridgehead atoms. The summed E-state index contributed by atoms with van der Waals surface area (Å²) in [4.78, 5) is 0. The van der Waals surface area contributed by atoms with Gasteiger partial charge in [-0.15, -0.1) is 0 Å². The van der Waals surface area contributed by atoms with E-state index >= 15 is 0 Å². The van der Waals surface area contributed by atoms with Crippen LogP contribution in [0, 0.1) is 11.3 Å². The highest BCUT2D eigenvalue weighted by Gasteiger charge is 2.24. The third-order valence-corrected chi connectivity index (χ3v) is 6.53. The number of benzene rings is 2. The van der Waals surface area contributed by atoms with Gasteiger partial charge >= 0.3 is 7.75 Å². The van der Waals surface area contributed by atoms with Crippen LogP contribution in [-0.2, 0) is 20.2 Å². The summed E-state index contributed by atoms with van der Waals surface area (Å²) < 4.78 is 31.1. The summed E-state index contributed by atoms with van der Waals surface area (Å²) in [5.41, 5.74) is 3.93. The topological polar surface area (TPSA) is 85.5 Å². The van der Waals surface area contributed by atoms with Gasteiger partial charge in [-0.05, 0) is 57.5 Å². The molecule has 0 fully saturated rings. The molecule has 172 valence electrons. The van der Waals surface area contributed by atoms with E-state index in [1.807, 2.05) is 56.3 Å². The average molecular weight is 458 g/mol. The highest BCUT2D eigenvalue weighted by molar-refractivity contribution is 7.55. The Morgan fingerprint density at radius 3 is 2.19 bits per heavy atom. The predicted octanol–water partition coefficient (Wildman–Crippen LogP) is 6.83. The molecule has 0 saturated heterocycles. The van der Waals surface area contributed by atoms with E-state index in [4.69, 9.17) is 13.8 Å². The molecule has 8 heteroatoms. The summed E-state index contributed by atoms with van der Waals surface area (Å²) in [5, 5.41) is 13.7. The molecule has 0 radical (unpaired) electrons. The minimum absolute atomic E-state index is 0. The smallest absolute Gasteiger partial charge is 0.432 e. The van der Waals surface area contributed by atoms with Crippen molar-refractivity contribution in [1.82, 2.24) is 4.57 Å². The SMILES string of the molecule is C.CCOc1ccc2c(C#N)c(-c3ccc(NP(=O)(OCC)OCC)cc3)n(CC)c2c1. The molecular formula is C24H32N3O4P. The van der Waals surface area contributed by atoms with Crippen LogP contribution >= 0.6 is 7.75 Å². The van der Waals surface area contributed by atoms with Crippen molar-refractivity contribution in [1.29, 1.82) is 5.26 Å². The quantitative estimate of drug-likeness (QED) is 0.336. The summed E-state index contributed by atoms with van der Waals surface area (Å²) in [6, 6.07) is 15.6. The Hall–Kier alpha value is -2.78. The number of rotatable bonds is 10. The fourth-order valence-corrected chi connectivity index (χ4v) is 4.98. The zero-order chi connectivity index (χ0) is 22.4. The maximum atomic E-state index is 12.7. The Kier molecular flexibility index (Phi) is 8.91. The summed E-state index contributed by atoms with van der Waals surface area (Å²) in [6.45, 7) is 9.35. The van der Waals surface area contributed by atoms with E-state index in [2.05, 4.69) is 15.7 Å². The van der Waals surface area contributed by atoms with Gasteiger partial charge in [-0.3, -0.25) is 14.1 Å². The van der Waals surface area contributed by atoms with E-state index < -0.39 is 7.75 Å². The second-order valence-corrected chi connectivity index (χ2v) is 8.45. The number of aromatic nitrogens is 1. The summed E-state index contributed by atoms with van der Waals surface area (Å²) >= 11 is 0. The highest BCUT2D eigenvalue weighted by atomic mass is 31.2. The normalized spacial score (nSPS) is 11.1. The summed E-state index contributed by atoms with van der Waals surface area (Å²) in [7, 11) is -3.42. The minimum Gasteiger partial charge on any atom is -0.494 e. The zero-order valence-corrected chi connectivity index (χ0v) is 19.2. The van der Waals surface area contributed by atoms with E-state index in [1.54, 1.807) is 13.8 Å². The van der Waals surface area contributed by atoms with Crippen molar-refractivity contribution in [2.45, 2.75) is 41.7 Å². The number of hydrogen-bond acceptors (Lipinski definition) is 5. The standard InChI is InChI=1S/C23H28N3O4P.CH4/c1-5-26-22-15-19(28-6-2)13-14-20(22)21(16-24)23(26)17-9-11-18(12-10-17)25-31(27,29-7-3)30-8-4;/h9-15H,5-8H2,1-4H3,(H,25,27);1H4. The lowest BCUT2D eigenvalue weighted by molar-refractivity contribution is 0.225. The van der Waals surface area contributed by atoms with Crippen molar-refractivity contribution in [3.05, 3.63) is 48.0 Å². The first-order chi connectivity index (χ1) is 15.0. The van der Waals surface area contributed by atoms with E-state index in [0.29, 0.717) is 24.4 Å². The Balaban J connectivity index is 0.00000363. The largest absolute Gasteiger partial charge is 0.494 e. The van der Waals surface area contributed by atoms with Gasteiger partial charge in [0.1, 0.15) is 11.8 Å². The number of aryl methyl sites for hydroxylation is 1. The molecule has 0 spiro atoms. The molecule has 1 aromatic heterocycles. The van der Waals surface area contributed by atoms with Crippen LogP contribution in [0.25, 0.3) is 22.2 Å². The van der Waals surface area contributed by atoms with Crippen LogP contribution in [0.2, 0.25) is 0 Å². The van der Waals surface area contributed by atoms with E-state index in [0.717, 1.165) is 27.9 Å². The van der Waals surface area contributed by atoms with Gasteiger partial charge in [0.05, 0.1) is 36.6 Å². The maximum absolute atomic E-state index is 12.7. The maximum Gasteiger partial charge on any atom is 0.432 e. The minimum atomic E-state index is -3.42. The van der Waals surface area contributed by atoms with Gasteiger partial charge in [-0.2, -0.15) is 5.26 Å². The van der Waals surface area contributed by atoms with Crippen molar-refractivity contribution in [2.75, 3.05) is 24.9 Å². The second-order valence-electron chi connectivity index (χ2n) is 6.71. The Bertz CT molecular complexity index is 1120. The first kappa shape index (κ1) is 25.5. The molecular weight excluding hydrogens is 425 g/mol. The van der Waals surface area contributed by atoms with Crippen LogP contribution < -0.4 is 9.82 Å². The molecule has 1 heterocycles. The van der Waals surface area contributed by atoms with Gasteiger partial charge in [0.15, 0.2) is 0 Å². The molecule has 7 nitrogen and oxygen atoms in total. The van der Waals surface area contributed by atoms with Gasteiger partial charge in [0.25, 0.3) is 0 Å². The Morgan fingerprint density at radius 2 is 1.66 bits per heavy atom. The number of nitrogens with zero attached hydrogens (tertiary/aromatic N) is 2. The second kappa shape index (κ2) is 11.2. The van der Waals surface area contributed by atoms with Crippen molar-refractivity contribution in [2.24, 2.45) is 0 Å². The van der Waals surface area contributed by atoms with Gasteiger partial charge in [0.2, 0.25) is 0 Å². The molecule has 0 unspecified atom stereocenters. The predicted molar refractivity (Wildman–Crippen MR) is 130 cm³/mol. The lowest BCUT2D eigenvalue weighted by Crippen LogP contribution is -2.05. The number of nitriles is 1. The van der Waals surface area contributed by atoms with Crippen molar-refractivity contribution < 1.29 is 18.3 Å². The monoisotopic (exact) mass is 457 g/mol. The fourth-order valence-electron chi connectivity index (χ4n) is 3.63. The van der Waals surface area contributed by atoms with Crippen LogP contribution in [-0.4, -0.2) is 24.4 Å². The van der Waals surface area contributed by atoms with Gasteiger partial charge in [-0.25, -0.2) is 4.57 Å². The first-order valence-corrected chi connectivity index (χ1v) is 12.0. The summed E-state index contributed by atoms with van der Waals surface area (Å²) in [5.74, 6) is 0.778. The Labute approximate surface area is 190 Å². The molecule has 0 aliphatic rings. The molecule has 0 saturated carbocycles. The van der Waals surface area contributed by atoms with Gasteiger partial charge < -0.3 is 9.30 Å². The van der Waals surface area contributed by atoms with E-state index in [-0.39, 0.29) is 20.6 Å². The number of hydrogen-bond donors (Lipinski definition) is 1. The third kappa shape index (κ3) is 5.16. The number of nitrogens with one attached hydrogen (secondary N) is 1. The van der Waals surface area contributed by atoms with Crippen LogP contribution in [0.15, 0.2) is 42.5 Å². The van der Waals surface area contributed by atoms with E-state index in [1.165, 1.54) is 0 Å². The Morgan fingerprint density at radius 1 is 1.00 bits per heavy atom. The number of anilines is 1. The average Bonchev–Trinajstić information content (AvgIpc) is 3.07. The van der Waals surface area contributed by atoms with Crippen molar-refractivity contribution in [3.63, 3.8) is 0 Å². The molecule has 0 atom stereocenters. The third-order valence-electron chi connectivity index (χ3n) is 4.80. The highest BCUT2D eigenvalue weighted by Crippen LogP contribution is 2.48. The fraction of sp³-hybridized carbons (Fsp3) is 0.375. The lowest BCUT2D eigenvalue weighted by Gasteiger charge is -2.18. The molecule has 0 aliphatic heterocycles. The van der Waals surface area contributed by atoms with E-state index in [9.17, 15) is 9.83 Å². The molecule has 0 aliphatic carbocycles. The molecule has 1 N–H and O–H groups in total. The molecule has 3 aromatic rings. The summed E-state index contributed by atoms with van der Waals surface area (Å²) in [6.07, 6.45) is 0. The van der Waals surface area contributed by atoms with Crippen LogP contribution in [0.5, 0.6) is 5.75 Å². The molecule has 0 amide bonds. The van der Waals surface area contributed by atoms with Crippen molar-refractivity contribution >= 4 is 24.3 Å². The van der Waals surface area contributed by atoms with Crippen LogP contribution in [0.3, 0.4) is 0 Å². The lowest BCUT2D eigenvalue weighted by atomic mass is 10.1. The number of fused-ring (bicyclic) bond motifs is 1. The van der Waals surface area contributed by atoms with Crippen molar-refractivity contribution in [3.8, 4) is 23.1 Å².